The fraction of sp³-hybridized carbons (Fsp3) is 0.364. The van der Waals surface area contributed by atoms with Gasteiger partial charge in [0.25, 0.3) is 0 Å². The number of hydrogen-bond acceptors (Lipinski definition) is 1. The molecule has 1 aromatic rings. The molecule has 0 saturated carbocycles. The molecule has 1 aromatic carbocycles. The number of benzene rings is 1. The highest BCUT2D eigenvalue weighted by Gasteiger charge is 1.94. The second-order valence-electron chi connectivity index (χ2n) is 2.98. The lowest BCUT2D eigenvalue weighted by Crippen LogP contribution is -1.85. The van der Waals surface area contributed by atoms with Gasteiger partial charge in [-0.05, 0) is 37.0 Å². The van der Waals surface area contributed by atoms with Crippen LogP contribution in [0.4, 0.5) is 0 Å². The molecule has 0 heterocycles. The Balaban J connectivity index is 2.32. The van der Waals surface area contributed by atoms with Gasteiger partial charge in [0.15, 0.2) is 6.29 Å². The Kier molecular flexibility index (Phi) is 4.55. The number of unbranched alkanes of at least 4 members (excludes halogenated alkanes) is 2. The van der Waals surface area contributed by atoms with Gasteiger partial charge in [0.05, 0.1) is 0 Å². The fourth-order valence-electron chi connectivity index (χ4n) is 1.22. The molecule has 1 rings (SSSR count). The molecule has 0 saturated heterocycles. The standard InChI is InChI=1S/C11H12ClO/c12-11-7-4-6-10(9-11)5-2-1-3-8-13/h4,6-7,9H,1-3,5H2. The van der Waals surface area contributed by atoms with Crippen molar-refractivity contribution in [3.63, 3.8) is 0 Å². The Bertz CT molecular complexity index is 271. The molecule has 0 amide bonds. The van der Waals surface area contributed by atoms with E-state index >= 15 is 0 Å². The van der Waals surface area contributed by atoms with E-state index in [-0.39, 0.29) is 0 Å². The average molecular weight is 196 g/mol. The Morgan fingerprint density at radius 3 is 2.85 bits per heavy atom. The topological polar surface area (TPSA) is 17.1 Å². The zero-order chi connectivity index (χ0) is 9.52. The Morgan fingerprint density at radius 1 is 1.31 bits per heavy atom. The van der Waals surface area contributed by atoms with Crippen molar-refractivity contribution < 1.29 is 4.79 Å². The van der Waals surface area contributed by atoms with Gasteiger partial charge >= 0.3 is 0 Å². The minimum atomic E-state index is 0.542. The highest BCUT2D eigenvalue weighted by molar-refractivity contribution is 6.30. The zero-order valence-electron chi connectivity index (χ0n) is 7.42. The van der Waals surface area contributed by atoms with Crippen LogP contribution >= 0.6 is 11.6 Å². The van der Waals surface area contributed by atoms with Crippen molar-refractivity contribution >= 4 is 17.9 Å². The lowest BCUT2D eigenvalue weighted by molar-refractivity contribution is 0.546. The van der Waals surface area contributed by atoms with Gasteiger partial charge in [0.1, 0.15) is 0 Å². The molecule has 0 aliphatic carbocycles. The summed E-state index contributed by atoms with van der Waals surface area (Å²) in [5, 5.41) is 0.777. The molecule has 0 unspecified atom stereocenters. The zero-order valence-corrected chi connectivity index (χ0v) is 8.18. The van der Waals surface area contributed by atoms with E-state index < -0.39 is 0 Å². The first-order valence-corrected chi connectivity index (χ1v) is 4.80. The maximum Gasteiger partial charge on any atom is 0.198 e. The van der Waals surface area contributed by atoms with E-state index in [9.17, 15) is 4.79 Å². The third-order valence-corrected chi connectivity index (χ3v) is 2.12. The molecule has 0 atom stereocenters. The predicted octanol–water partition coefficient (Wildman–Crippen LogP) is 3.16. The van der Waals surface area contributed by atoms with Crippen LogP contribution in [-0.4, -0.2) is 6.29 Å². The van der Waals surface area contributed by atoms with Crippen molar-refractivity contribution in [2.24, 2.45) is 0 Å². The molecule has 0 aliphatic rings. The number of rotatable bonds is 5. The second kappa shape index (κ2) is 5.76. The SMILES string of the molecule is O=[C]CCCCc1cccc(Cl)c1. The Labute approximate surface area is 83.7 Å². The Hall–Kier alpha value is -0.820. The van der Waals surface area contributed by atoms with Crippen molar-refractivity contribution in [3.8, 4) is 0 Å². The van der Waals surface area contributed by atoms with E-state index in [2.05, 4.69) is 6.07 Å². The van der Waals surface area contributed by atoms with Gasteiger partial charge < -0.3 is 0 Å². The van der Waals surface area contributed by atoms with Crippen LogP contribution in [0, 0.1) is 0 Å². The summed E-state index contributed by atoms with van der Waals surface area (Å²) in [5.41, 5.74) is 1.23. The summed E-state index contributed by atoms with van der Waals surface area (Å²) in [7, 11) is 0. The van der Waals surface area contributed by atoms with Crippen LogP contribution in [0.5, 0.6) is 0 Å². The summed E-state index contributed by atoms with van der Waals surface area (Å²) in [6.45, 7) is 0. The summed E-state index contributed by atoms with van der Waals surface area (Å²) >= 11 is 5.82. The molecule has 0 aliphatic heterocycles. The number of hydrogen-bond donors (Lipinski definition) is 0. The molecule has 0 aromatic heterocycles. The van der Waals surface area contributed by atoms with E-state index in [4.69, 9.17) is 11.6 Å². The highest BCUT2D eigenvalue weighted by atomic mass is 35.5. The number of halogens is 1. The van der Waals surface area contributed by atoms with Gasteiger partial charge in [-0.2, -0.15) is 0 Å². The first-order chi connectivity index (χ1) is 6.33. The maximum absolute atomic E-state index is 9.92. The van der Waals surface area contributed by atoms with Crippen LogP contribution in [0.2, 0.25) is 5.02 Å². The third kappa shape index (κ3) is 4.09. The molecule has 1 radical (unpaired) electrons. The summed E-state index contributed by atoms with van der Waals surface area (Å²) < 4.78 is 0. The van der Waals surface area contributed by atoms with Gasteiger partial charge in [0, 0.05) is 11.4 Å². The summed E-state index contributed by atoms with van der Waals surface area (Å²) in [5.74, 6) is 0. The lowest BCUT2D eigenvalue weighted by atomic mass is 10.1. The quantitative estimate of drug-likeness (QED) is 0.660. The van der Waals surface area contributed by atoms with Crippen LogP contribution < -0.4 is 0 Å². The Morgan fingerprint density at radius 2 is 2.15 bits per heavy atom. The molecule has 1 nitrogen and oxygen atoms in total. The van der Waals surface area contributed by atoms with Crippen molar-refractivity contribution in [2.45, 2.75) is 25.7 Å². The van der Waals surface area contributed by atoms with E-state index in [1.807, 2.05) is 24.5 Å². The van der Waals surface area contributed by atoms with Crippen LogP contribution in [0.15, 0.2) is 24.3 Å². The first kappa shape index (κ1) is 10.3. The normalized spacial score (nSPS) is 9.92. The third-order valence-electron chi connectivity index (χ3n) is 1.88. The molecule has 0 spiro atoms. The van der Waals surface area contributed by atoms with Gasteiger partial charge in [-0.3, -0.25) is 4.79 Å². The number of aryl methyl sites for hydroxylation is 1. The highest BCUT2D eigenvalue weighted by Crippen LogP contribution is 2.12. The average Bonchev–Trinajstić information content (AvgIpc) is 2.13. The second-order valence-corrected chi connectivity index (χ2v) is 3.42. The van der Waals surface area contributed by atoms with Gasteiger partial charge in [-0.1, -0.05) is 23.7 Å². The summed E-state index contributed by atoms with van der Waals surface area (Å²) in [6.07, 6.45) is 5.36. The molecule has 0 bridgehead atoms. The number of carbonyl (C=O) groups excluding carboxylic acids is 1. The van der Waals surface area contributed by atoms with Crippen molar-refractivity contribution in [1.29, 1.82) is 0 Å². The van der Waals surface area contributed by atoms with Gasteiger partial charge in [-0.15, -0.1) is 0 Å². The van der Waals surface area contributed by atoms with Crippen molar-refractivity contribution in [1.82, 2.24) is 0 Å². The first-order valence-electron chi connectivity index (χ1n) is 4.42. The summed E-state index contributed by atoms with van der Waals surface area (Å²) in [4.78, 5) is 9.92. The minimum absolute atomic E-state index is 0.542. The van der Waals surface area contributed by atoms with Crippen LogP contribution in [0.25, 0.3) is 0 Å². The van der Waals surface area contributed by atoms with Crippen LogP contribution in [-0.2, 0) is 11.2 Å². The van der Waals surface area contributed by atoms with E-state index in [1.54, 1.807) is 0 Å². The fourth-order valence-corrected chi connectivity index (χ4v) is 1.43. The molecular formula is C11H12ClO. The van der Waals surface area contributed by atoms with Crippen molar-refractivity contribution in [2.75, 3.05) is 0 Å². The monoisotopic (exact) mass is 195 g/mol. The largest absolute Gasteiger partial charge is 0.291 e. The molecule has 0 N–H and O–H groups in total. The predicted molar refractivity (Wildman–Crippen MR) is 54.7 cm³/mol. The van der Waals surface area contributed by atoms with Gasteiger partial charge in [-0.25, -0.2) is 0 Å². The molecule has 69 valence electrons. The lowest BCUT2D eigenvalue weighted by Gasteiger charge is -1.99. The van der Waals surface area contributed by atoms with Gasteiger partial charge in [0.2, 0.25) is 0 Å². The summed E-state index contributed by atoms with van der Waals surface area (Å²) in [6, 6.07) is 7.83. The molecule has 2 heteroatoms. The van der Waals surface area contributed by atoms with Crippen molar-refractivity contribution in [3.05, 3.63) is 34.9 Å². The van der Waals surface area contributed by atoms with E-state index in [1.165, 1.54) is 5.56 Å². The molecule has 13 heavy (non-hydrogen) atoms. The minimum Gasteiger partial charge on any atom is -0.291 e. The maximum atomic E-state index is 9.92. The molecule has 0 fully saturated rings. The smallest absolute Gasteiger partial charge is 0.198 e. The van der Waals surface area contributed by atoms with E-state index in [0.717, 1.165) is 24.3 Å². The molecular weight excluding hydrogens is 184 g/mol. The van der Waals surface area contributed by atoms with E-state index in [0.29, 0.717) is 6.42 Å². The van der Waals surface area contributed by atoms with Crippen LogP contribution in [0.1, 0.15) is 24.8 Å². The van der Waals surface area contributed by atoms with Crippen LogP contribution in [0.3, 0.4) is 0 Å².